The van der Waals surface area contributed by atoms with Crippen LogP contribution in [0.25, 0.3) is 0 Å². The van der Waals surface area contributed by atoms with Crippen molar-refractivity contribution in [1.82, 2.24) is 0 Å². The van der Waals surface area contributed by atoms with E-state index in [2.05, 4.69) is 25.2 Å². The van der Waals surface area contributed by atoms with E-state index in [0.29, 0.717) is 12.2 Å². The maximum absolute atomic E-state index is 10.4. The number of carbonyl (C=O) groups is 1. The highest BCUT2D eigenvalue weighted by Gasteiger charge is 2.22. The van der Waals surface area contributed by atoms with Crippen LogP contribution in [0.5, 0.6) is 11.5 Å². The van der Waals surface area contributed by atoms with Gasteiger partial charge in [0.05, 0.1) is 6.61 Å². The normalized spacial score (nSPS) is 10.4. The molecule has 0 radical (unpaired) electrons. The third-order valence-electron chi connectivity index (χ3n) is 3.80. The number of phenols is 2. The van der Waals surface area contributed by atoms with Crippen molar-refractivity contribution >= 4 is 5.97 Å². The first kappa shape index (κ1) is 20.3. The van der Waals surface area contributed by atoms with Crippen LogP contribution in [0.15, 0.2) is 60.7 Å². The van der Waals surface area contributed by atoms with Gasteiger partial charge in [-0.1, -0.05) is 44.7 Å². The van der Waals surface area contributed by atoms with Gasteiger partial charge in [0.1, 0.15) is 11.5 Å². The number of ether oxygens (including phenoxy) is 1. The van der Waals surface area contributed by atoms with Gasteiger partial charge in [0.2, 0.25) is 0 Å². The number of phenolic OH excluding ortho intramolecular Hbond substituents is 2. The molecule has 0 heterocycles. The van der Waals surface area contributed by atoms with Gasteiger partial charge < -0.3 is 14.9 Å². The van der Waals surface area contributed by atoms with Crippen LogP contribution < -0.4 is 0 Å². The van der Waals surface area contributed by atoms with Crippen molar-refractivity contribution in [1.29, 1.82) is 0 Å². The molecule has 4 nitrogen and oxygen atoms in total. The Hall–Kier alpha value is -2.75. The largest absolute Gasteiger partial charge is 0.508 e. The second kappa shape index (κ2) is 8.92. The number of benzene rings is 2. The predicted octanol–water partition coefficient (Wildman–Crippen LogP) is 4.55. The van der Waals surface area contributed by atoms with Crippen LogP contribution in [0.1, 0.15) is 38.8 Å². The van der Waals surface area contributed by atoms with Crippen LogP contribution in [0.2, 0.25) is 0 Å². The monoisotopic (exact) mass is 342 g/mol. The summed E-state index contributed by atoms with van der Waals surface area (Å²) in [6.45, 7) is 11.4. The minimum atomic E-state index is -0.312. The molecule has 2 N–H and O–H groups in total. The summed E-state index contributed by atoms with van der Waals surface area (Å²) in [4.78, 5) is 10.4. The van der Waals surface area contributed by atoms with Crippen LogP contribution in [0.3, 0.4) is 0 Å². The number of hydrogen-bond acceptors (Lipinski definition) is 4. The second-order valence-corrected chi connectivity index (χ2v) is 6.22. The molecule has 0 fully saturated rings. The van der Waals surface area contributed by atoms with Crippen LogP contribution >= 0.6 is 0 Å². The molecular formula is C21H26O4. The zero-order chi connectivity index (χ0) is 19.0. The molecule has 2 rings (SSSR count). The molecule has 0 saturated carbocycles. The molecule has 0 aliphatic heterocycles. The van der Waals surface area contributed by atoms with Gasteiger partial charge in [0, 0.05) is 11.0 Å². The average Bonchev–Trinajstić information content (AvgIpc) is 2.56. The molecule has 0 unspecified atom stereocenters. The summed E-state index contributed by atoms with van der Waals surface area (Å²) in [7, 11) is 0. The SMILES string of the molecule is C=C(C)C(=O)OCC.CC(C)(c1ccc(O)cc1)c1ccc(O)cc1. The summed E-state index contributed by atoms with van der Waals surface area (Å²) in [5.74, 6) is 0.234. The average molecular weight is 342 g/mol. The van der Waals surface area contributed by atoms with E-state index in [1.54, 1.807) is 38.1 Å². The van der Waals surface area contributed by atoms with E-state index in [1.165, 1.54) is 0 Å². The summed E-state index contributed by atoms with van der Waals surface area (Å²) >= 11 is 0. The molecule has 0 saturated heterocycles. The topological polar surface area (TPSA) is 66.8 Å². The van der Waals surface area contributed by atoms with E-state index in [1.807, 2.05) is 24.3 Å². The first-order valence-corrected chi connectivity index (χ1v) is 8.10. The van der Waals surface area contributed by atoms with Gasteiger partial charge in [-0.2, -0.15) is 0 Å². The van der Waals surface area contributed by atoms with Gasteiger partial charge in [-0.3, -0.25) is 0 Å². The molecule has 0 aliphatic rings. The molecule has 4 heteroatoms. The van der Waals surface area contributed by atoms with E-state index >= 15 is 0 Å². The molecule has 0 aliphatic carbocycles. The molecule has 0 spiro atoms. The van der Waals surface area contributed by atoms with Crippen molar-refractivity contribution in [3.05, 3.63) is 71.8 Å². The van der Waals surface area contributed by atoms with Crippen LogP contribution in [-0.2, 0) is 14.9 Å². The lowest BCUT2D eigenvalue weighted by Crippen LogP contribution is -2.18. The second-order valence-electron chi connectivity index (χ2n) is 6.22. The van der Waals surface area contributed by atoms with Gasteiger partial charge in [-0.15, -0.1) is 0 Å². The van der Waals surface area contributed by atoms with Crippen molar-refractivity contribution in [2.45, 2.75) is 33.1 Å². The fourth-order valence-electron chi connectivity index (χ4n) is 2.18. The Morgan fingerprint density at radius 2 is 1.32 bits per heavy atom. The predicted molar refractivity (Wildman–Crippen MR) is 99.8 cm³/mol. The Morgan fingerprint density at radius 3 is 1.56 bits per heavy atom. The van der Waals surface area contributed by atoms with E-state index in [0.717, 1.165) is 11.1 Å². The molecule has 0 atom stereocenters. The van der Waals surface area contributed by atoms with E-state index in [-0.39, 0.29) is 22.9 Å². The van der Waals surface area contributed by atoms with Crippen LogP contribution in [0, 0.1) is 0 Å². The summed E-state index contributed by atoms with van der Waals surface area (Å²) < 4.78 is 4.56. The molecule has 25 heavy (non-hydrogen) atoms. The zero-order valence-corrected chi connectivity index (χ0v) is 15.2. The van der Waals surface area contributed by atoms with Crippen molar-refractivity contribution < 1.29 is 19.7 Å². The number of hydrogen-bond donors (Lipinski definition) is 2. The Balaban J connectivity index is 0.000000333. The molecule has 2 aromatic carbocycles. The minimum absolute atomic E-state index is 0.151. The van der Waals surface area contributed by atoms with Crippen LogP contribution in [0.4, 0.5) is 0 Å². The first-order valence-electron chi connectivity index (χ1n) is 8.10. The Morgan fingerprint density at radius 1 is 0.960 bits per heavy atom. The van der Waals surface area contributed by atoms with E-state index < -0.39 is 0 Å². The third kappa shape index (κ3) is 5.99. The number of esters is 1. The summed E-state index contributed by atoms with van der Waals surface area (Å²) in [5.41, 5.74) is 2.55. The highest BCUT2D eigenvalue weighted by molar-refractivity contribution is 5.86. The smallest absolute Gasteiger partial charge is 0.333 e. The fraction of sp³-hybridized carbons (Fsp3) is 0.286. The van der Waals surface area contributed by atoms with E-state index in [4.69, 9.17) is 0 Å². The van der Waals surface area contributed by atoms with Gasteiger partial charge in [-0.25, -0.2) is 4.79 Å². The lowest BCUT2D eigenvalue weighted by Gasteiger charge is -2.26. The summed E-state index contributed by atoms with van der Waals surface area (Å²) in [5, 5.41) is 18.6. The summed E-state index contributed by atoms with van der Waals surface area (Å²) in [6.07, 6.45) is 0. The van der Waals surface area contributed by atoms with Crippen molar-refractivity contribution in [3.63, 3.8) is 0 Å². The highest BCUT2D eigenvalue weighted by Crippen LogP contribution is 2.32. The molecule has 0 bridgehead atoms. The minimum Gasteiger partial charge on any atom is -0.508 e. The number of carbonyl (C=O) groups excluding carboxylic acids is 1. The van der Waals surface area contributed by atoms with Gasteiger partial charge in [0.15, 0.2) is 0 Å². The quantitative estimate of drug-likeness (QED) is 0.632. The molecular weight excluding hydrogens is 316 g/mol. The van der Waals surface area contributed by atoms with Gasteiger partial charge in [0.25, 0.3) is 0 Å². The van der Waals surface area contributed by atoms with Gasteiger partial charge >= 0.3 is 5.97 Å². The standard InChI is InChI=1S/C15H16O2.C6H10O2/c1-15(2,11-3-7-13(16)8-4-11)12-5-9-14(17)10-6-12;1-4-8-6(7)5(2)3/h3-10,16-17H,1-2H3;2,4H2,1,3H3. The molecule has 2 aromatic rings. The Kier molecular flexibility index (Phi) is 7.24. The Bertz CT molecular complexity index is 650. The fourth-order valence-corrected chi connectivity index (χ4v) is 2.18. The summed E-state index contributed by atoms with van der Waals surface area (Å²) in [6, 6.07) is 14.4. The molecule has 134 valence electrons. The highest BCUT2D eigenvalue weighted by atomic mass is 16.5. The molecule has 0 amide bonds. The van der Waals surface area contributed by atoms with Crippen molar-refractivity contribution in [3.8, 4) is 11.5 Å². The third-order valence-corrected chi connectivity index (χ3v) is 3.80. The Labute approximate surface area is 149 Å². The zero-order valence-electron chi connectivity index (χ0n) is 15.2. The number of rotatable bonds is 4. The lowest BCUT2D eigenvalue weighted by atomic mass is 9.78. The lowest BCUT2D eigenvalue weighted by molar-refractivity contribution is -0.138. The van der Waals surface area contributed by atoms with Crippen molar-refractivity contribution in [2.24, 2.45) is 0 Å². The van der Waals surface area contributed by atoms with Gasteiger partial charge in [-0.05, 0) is 49.2 Å². The maximum atomic E-state index is 10.4. The maximum Gasteiger partial charge on any atom is 0.333 e. The van der Waals surface area contributed by atoms with Crippen molar-refractivity contribution in [2.75, 3.05) is 6.61 Å². The first-order chi connectivity index (χ1) is 11.7. The molecule has 0 aromatic heterocycles. The van der Waals surface area contributed by atoms with Crippen LogP contribution in [-0.4, -0.2) is 22.8 Å². The number of aromatic hydroxyl groups is 2. The van der Waals surface area contributed by atoms with E-state index in [9.17, 15) is 15.0 Å².